The van der Waals surface area contributed by atoms with Crippen LogP contribution in [0.25, 0.3) is 0 Å². The predicted octanol–water partition coefficient (Wildman–Crippen LogP) is 11.5. The minimum absolute atomic E-state index is 0. The number of aryl methyl sites for hydroxylation is 2. The Morgan fingerprint density at radius 3 is 0.776 bits per heavy atom. The van der Waals surface area contributed by atoms with Crippen LogP contribution in [0.15, 0.2) is 91.0 Å². The van der Waals surface area contributed by atoms with Gasteiger partial charge in [0.25, 0.3) is 0 Å². The number of carbonyl (C=O) groups is 12. The maximum Gasteiger partial charge on any atom is 0.244 e. The number of hydrogen-bond acceptors (Lipinski definition) is 22. The Balaban J connectivity index is -0.0000000343. The largest absolute Gasteiger partial charge is 0.394 e. The summed E-state index contributed by atoms with van der Waals surface area (Å²) in [7, 11) is 9.12. The van der Waals surface area contributed by atoms with Crippen LogP contribution in [0.1, 0.15) is 186 Å². The summed E-state index contributed by atoms with van der Waals surface area (Å²) in [6.07, 6.45) is 10.9. The van der Waals surface area contributed by atoms with E-state index < -0.39 is 12.1 Å². The molecule has 0 spiro atoms. The number of benzene rings is 3. The minimum atomic E-state index is -0.647. The van der Waals surface area contributed by atoms with Gasteiger partial charge >= 0.3 is 0 Å². The van der Waals surface area contributed by atoms with Gasteiger partial charge in [0, 0.05) is 39.6 Å². The Labute approximate surface area is 601 Å². The first-order valence-electron chi connectivity index (χ1n) is 31.2. The van der Waals surface area contributed by atoms with E-state index >= 15 is 0 Å². The first-order chi connectivity index (χ1) is 45.1. The van der Waals surface area contributed by atoms with Crippen LogP contribution in [-0.4, -0.2) is 167 Å². The van der Waals surface area contributed by atoms with E-state index in [0.29, 0.717) is 6.42 Å². The fraction of sp³-hybridized carbons (Fsp3) is 0.589. The van der Waals surface area contributed by atoms with E-state index in [9.17, 15) is 14.4 Å². The van der Waals surface area contributed by atoms with Gasteiger partial charge in [0.1, 0.15) is 73.2 Å². The molecule has 2 atom stereocenters. The van der Waals surface area contributed by atoms with Gasteiger partial charge in [0.15, 0.2) is 0 Å². The normalized spacial score (nSPS) is 8.87. The summed E-state index contributed by atoms with van der Waals surface area (Å²) in [5.41, 5.74) is 26.3. The van der Waals surface area contributed by atoms with Gasteiger partial charge in [0.2, 0.25) is 17.7 Å². The molecule has 25 nitrogen and oxygen atoms in total. The van der Waals surface area contributed by atoms with E-state index in [-0.39, 0.29) is 48.4 Å². The molecule has 98 heavy (non-hydrogen) atoms. The van der Waals surface area contributed by atoms with Crippen molar-refractivity contribution in [2.45, 2.75) is 207 Å². The number of nitrogens with zero attached hydrogens (tertiary/aromatic N) is 2. The highest BCUT2D eigenvalue weighted by Crippen LogP contribution is 2.12. The van der Waals surface area contributed by atoms with E-state index in [4.69, 9.17) is 48.3 Å². The molecule has 3 amide bonds. The van der Waals surface area contributed by atoms with Crippen molar-refractivity contribution >= 4 is 78.8 Å². The number of aliphatic hydroxyl groups excluding tert-OH is 1. The molecule has 0 unspecified atom stereocenters. The number of hydrogen-bond donors (Lipinski definition) is 11. The molecular formula is C73H160N12O13. The van der Waals surface area contributed by atoms with Crippen LogP contribution in [0.3, 0.4) is 0 Å². The molecule has 590 valence electrons. The Bertz CT molecular complexity index is 1600. The highest BCUT2D eigenvalue weighted by molar-refractivity contribution is 5.91. The van der Waals surface area contributed by atoms with Gasteiger partial charge in [-0.15, -0.1) is 0 Å². The van der Waals surface area contributed by atoms with E-state index in [1.807, 2.05) is 108 Å². The molecule has 0 bridgehead atoms. The molecule has 3 aromatic rings. The number of likely N-dealkylation sites (tertiary alicyclic amines) is 1. The SMILES string of the molecule is C=O.C=O.C=O.C=O.C=O.C=O.C=O.C=O.C=O.CC(=O)N(C)[C@@H](Cc1ccccc1)C(=O)N[C@@H](C)C(=O)N1CCCCC1.CC(C)O.CCC(C)C.CCC(C)C.CCC(C)C.CCC(C)C.CCc1ccccc1.CCc1ccccc1.CN.CN.CN.CN.CN.N.N.N.N. The van der Waals surface area contributed by atoms with Crippen molar-refractivity contribution in [2.75, 3.05) is 55.4 Å². The molecule has 0 saturated carbocycles. The lowest BCUT2D eigenvalue weighted by atomic mass is 10.0. The lowest BCUT2D eigenvalue weighted by molar-refractivity contribution is -0.140. The van der Waals surface area contributed by atoms with Gasteiger partial charge in [-0.3, -0.25) is 14.4 Å². The van der Waals surface area contributed by atoms with Gasteiger partial charge in [0.05, 0.1) is 0 Å². The molecule has 25 heteroatoms. The number of nitrogens with one attached hydrogen (secondary N) is 1. The van der Waals surface area contributed by atoms with Crippen LogP contribution in [0.5, 0.6) is 0 Å². The van der Waals surface area contributed by atoms with Crippen molar-refractivity contribution in [3.63, 3.8) is 0 Å². The van der Waals surface area contributed by atoms with E-state index in [1.54, 1.807) is 27.8 Å². The van der Waals surface area contributed by atoms with Crippen molar-refractivity contribution in [1.82, 2.24) is 39.7 Å². The third-order valence-electron chi connectivity index (χ3n) is 10.7. The van der Waals surface area contributed by atoms with Gasteiger partial charge in [-0.1, -0.05) is 214 Å². The topological polar surface area (TPSA) is 514 Å². The minimum Gasteiger partial charge on any atom is -0.394 e. The summed E-state index contributed by atoms with van der Waals surface area (Å²) in [5, 5.41) is 10.9. The quantitative estimate of drug-likeness (QED) is 0.0802. The van der Waals surface area contributed by atoms with Crippen molar-refractivity contribution in [3.05, 3.63) is 108 Å². The zero-order valence-corrected chi connectivity index (χ0v) is 67.0. The fourth-order valence-corrected chi connectivity index (χ4v) is 4.65. The first kappa shape index (κ1) is 155. The summed E-state index contributed by atoms with van der Waals surface area (Å²) in [4.78, 5) is 112. The molecule has 1 aliphatic heterocycles. The number of nitrogens with two attached hydrogens (primary N) is 5. The molecule has 1 fully saturated rings. The summed E-state index contributed by atoms with van der Waals surface area (Å²) >= 11 is 0. The number of amides is 3. The van der Waals surface area contributed by atoms with Gasteiger partial charge in [-0.2, -0.15) is 0 Å². The molecule has 0 radical (unpaired) electrons. The second-order valence-corrected chi connectivity index (χ2v) is 18.9. The first-order valence-corrected chi connectivity index (χ1v) is 31.2. The highest BCUT2D eigenvalue weighted by atomic mass is 16.3. The molecular weight excluding hydrogens is 1250 g/mol. The lowest BCUT2D eigenvalue weighted by Gasteiger charge is -2.31. The maximum absolute atomic E-state index is 12.8. The van der Waals surface area contributed by atoms with Crippen LogP contribution in [0.2, 0.25) is 0 Å². The van der Waals surface area contributed by atoms with Gasteiger partial charge < -0.3 is 117 Å². The molecule has 1 aliphatic rings. The van der Waals surface area contributed by atoms with Crippen LogP contribution in [-0.2, 0) is 76.8 Å². The molecule has 24 N–H and O–H groups in total. The predicted molar refractivity (Wildman–Crippen MR) is 425 cm³/mol. The van der Waals surface area contributed by atoms with Crippen molar-refractivity contribution in [1.29, 1.82) is 0 Å². The van der Waals surface area contributed by atoms with Crippen LogP contribution in [0, 0.1) is 23.7 Å². The Morgan fingerprint density at radius 2 is 0.612 bits per heavy atom. The highest BCUT2D eigenvalue weighted by Gasteiger charge is 2.29. The zero-order chi connectivity index (χ0) is 79.5. The van der Waals surface area contributed by atoms with Crippen LogP contribution >= 0.6 is 0 Å². The Morgan fingerprint density at radius 1 is 0.418 bits per heavy atom. The van der Waals surface area contributed by atoms with Crippen LogP contribution < -0.4 is 58.6 Å². The summed E-state index contributed by atoms with van der Waals surface area (Å²) in [6.45, 7) is 57.0. The standard InChI is InChI=1S/C20H29N3O3.2C8H10.4C5H12.C3H8O.5CH5N.9CH2O.4H3N/c1-15(20(26)23-12-8-5-9-13-23)21-19(25)18(22(3)16(2)24)14-17-10-6-4-7-11-17;2*1-2-8-6-4-3-5-7-8;4*1-4-5(2)3;1-3(2)4;14*1-2;;;;/h4,6-7,10-11,15,18H,5,8-9,12-14H2,1-3H3,(H,21,25);2*3-7H,2H2,1H3;4*5H,4H2,1-3H3;3-4H,1-2H3;5*2H2,1H3;9*1H2;4*1H3/t15-,18-;;;;;;;;;;;;;;;;;;;;;;;;;/m0........................./s1. The number of piperidine rings is 1. The van der Waals surface area contributed by atoms with Crippen molar-refractivity contribution < 1.29 is 62.6 Å². The average Bonchev–Trinajstić information content (AvgIpc) is 0.889. The Hall–Kier alpha value is -7.30. The number of likely N-dealkylation sites (N-methyl/N-ethyl adjacent to an activating group) is 1. The molecule has 3 aromatic carbocycles. The number of rotatable bonds is 12. The smallest absolute Gasteiger partial charge is 0.244 e. The van der Waals surface area contributed by atoms with E-state index in [2.05, 4.69) is 179 Å². The van der Waals surface area contributed by atoms with Crippen molar-refractivity contribution in [3.8, 4) is 0 Å². The fourth-order valence-electron chi connectivity index (χ4n) is 4.65. The molecule has 0 aliphatic carbocycles. The third-order valence-corrected chi connectivity index (χ3v) is 10.7. The summed E-state index contributed by atoms with van der Waals surface area (Å²) in [6, 6.07) is 29.2. The maximum atomic E-state index is 12.8. The van der Waals surface area contributed by atoms with Gasteiger partial charge in [-0.05, 0) is 128 Å². The third kappa shape index (κ3) is 163. The van der Waals surface area contributed by atoms with Crippen LogP contribution in [0.4, 0.5) is 0 Å². The van der Waals surface area contributed by atoms with Crippen molar-refractivity contribution in [2.24, 2.45) is 52.3 Å². The Kier molecular flexibility index (Phi) is 258. The summed E-state index contributed by atoms with van der Waals surface area (Å²) < 4.78 is 0. The second-order valence-electron chi connectivity index (χ2n) is 18.9. The average molecular weight is 1410 g/mol. The second kappa shape index (κ2) is 163. The molecule has 1 saturated heterocycles. The van der Waals surface area contributed by atoms with E-state index in [1.165, 1.54) is 83.9 Å². The lowest BCUT2D eigenvalue weighted by Crippen LogP contribution is -2.54. The number of carbonyl (C=O) groups excluding carboxylic acids is 12. The summed E-state index contributed by atoms with van der Waals surface area (Å²) in [5.74, 6) is 3.00. The molecule has 4 rings (SSSR count). The number of aliphatic hydroxyl groups is 1. The van der Waals surface area contributed by atoms with E-state index in [0.717, 1.165) is 74.4 Å². The van der Waals surface area contributed by atoms with Gasteiger partial charge in [-0.25, -0.2) is 0 Å². The molecule has 1 heterocycles. The molecule has 0 aromatic heterocycles. The monoisotopic (exact) mass is 1410 g/mol. The zero-order valence-electron chi connectivity index (χ0n) is 67.0.